The number of primary amides is 1. The van der Waals surface area contributed by atoms with Crippen LogP contribution in [0.2, 0.25) is 0 Å². The summed E-state index contributed by atoms with van der Waals surface area (Å²) in [4.78, 5) is 28.7. The molecule has 0 aromatic heterocycles. The van der Waals surface area contributed by atoms with E-state index >= 15 is 0 Å². The van der Waals surface area contributed by atoms with Gasteiger partial charge in [-0.05, 0) is 42.3 Å². The van der Waals surface area contributed by atoms with Crippen molar-refractivity contribution in [1.29, 1.82) is 0 Å². The SMILES string of the molecule is NC(=O)CCC1CN(c2ccc(-c3ccc(C4=N[C@@H](CO)CO4)cc3)c(F)c2)C(=O)O1. The zero-order valence-electron chi connectivity index (χ0n) is 16.7. The summed E-state index contributed by atoms with van der Waals surface area (Å²) in [6.45, 7) is 0.498. The molecule has 3 N–H and O–H groups in total. The van der Waals surface area contributed by atoms with E-state index in [4.69, 9.17) is 20.3 Å². The molecule has 2 aliphatic rings. The topological polar surface area (TPSA) is 114 Å². The van der Waals surface area contributed by atoms with Crippen molar-refractivity contribution in [2.45, 2.75) is 25.0 Å². The summed E-state index contributed by atoms with van der Waals surface area (Å²) in [5.74, 6) is -0.482. The summed E-state index contributed by atoms with van der Waals surface area (Å²) in [6.07, 6.45) is -0.586. The van der Waals surface area contributed by atoms with Crippen LogP contribution in [-0.4, -0.2) is 54.9 Å². The zero-order chi connectivity index (χ0) is 22.0. The van der Waals surface area contributed by atoms with Gasteiger partial charge in [-0.1, -0.05) is 12.1 Å². The van der Waals surface area contributed by atoms with Gasteiger partial charge in [0.15, 0.2) is 0 Å². The molecule has 1 saturated heterocycles. The van der Waals surface area contributed by atoms with E-state index in [0.717, 1.165) is 5.56 Å². The van der Waals surface area contributed by atoms with Crippen LogP contribution in [0.25, 0.3) is 11.1 Å². The lowest BCUT2D eigenvalue weighted by Crippen LogP contribution is -2.25. The molecule has 162 valence electrons. The van der Waals surface area contributed by atoms with Gasteiger partial charge in [0.25, 0.3) is 0 Å². The van der Waals surface area contributed by atoms with E-state index in [1.54, 1.807) is 36.4 Å². The summed E-state index contributed by atoms with van der Waals surface area (Å²) < 4.78 is 25.6. The first-order chi connectivity index (χ1) is 14.9. The first-order valence-electron chi connectivity index (χ1n) is 9.93. The van der Waals surface area contributed by atoms with Gasteiger partial charge in [0.1, 0.15) is 24.6 Å². The number of amides is 2. The van der Waals surface area contributed by atoms with Crippen molar-refractivity contribution < 1.29 is 28.6 Å². The smallest absolute Gasteiger partial charge is 0.414 e. The van der Waals surface area contributed by atoms with Crippen LogP contribution >= 0.6 is 0 Å². The van der Waals surface area contributed by atoms with E-state index < -0.39 is 23.9 Å². The molecule has 4 rings (SSSR count). The molecule has 2 aromatic carbocycles. The third kappa shape index (κ3) is 4.51. The zero-order valence-corrected chi connectivity index (χ0v) is 16.7. The molecule has 0 saturated carbocycles. The Labute approximate surface area is 178 Å². The summed E-state index contributed by atoms with van der Waals surface area (Å²) in [5, 5.41) is 9.15. The highest BCUT2D eigenvalue weighted by atomic mass is 19.1. The number of hydrogen-bond acceptors (Lipinski definition) is 6. The number of carbonyl (C=O) groups is 2. The van der Waals surface area contributed by atoms with Gasteiger partial charge in [-0.3, -0.25) is 9.69 Å². The molecule has 8 nitrogen and oxygen atoms in total. The lowest BCUT2D eigenvalue weighted by Gasteiger charge is -2.14. The molecule has 2 heterocycles. The first-order valence-corrected chi connectivity index (χ1v) is 9.93. The van der Waals surface area contributed by atoms with Crippen molar-refractivity contribution in [3.8, 4) is 11.1 Å². The number of ether oxygens (including phenoxy) is 2. The van der Waals surface area contributed by atoms with Gasteiger partial charge >= 0.3 is 6.09 Å². The molecular weight excluding hydrogens is 405 g/mol. The third-order valence-corrected chi connectivity index (χ3v) is 5.22. The van der Waals surface area contributed by atoms with E-state index in [1.807, 2.05) is 0 Å². The largest absolute Gasteiger partial charge is 0.475 e. The van der Waals surface area contributed by atoms with Crippen molar-refractivity contribution in [3.05, 3.63) is 53.8 Å². The normalized spacial score (nSPS) is 20.4. The van der Waals surface area contributed by atoms with Crippen LogP contribution in [0, 0.1) is 5.82 Å². The average molecular weight is 427 g/mol. The highest BCUT2D eigenvalue weighted by Crippen LogP contribution is 2.30. The van der Waals surface area contributed by atoms with E-state index in [0.29, 0.717) is 35.7 Å². The van der Waals surface area contributed by atoms with E-state index in [9.17, 15) is 14.0 Å². The Hall–Kier alpha value is -3.46. The lowest BCUT2D eigenvalue weighted by atomic mass is 10.0. The predicted molar refractivity (Wildman–Crippen MR) is 111 cm³/mol. The maximum atomic E-state index is 14.8. The second-order valence-electron chi connectivity index (χ2n) is 7.44. The fourth-order valence-electron chi connectivity index (χ4n) is 3.55. The van der Waals surface area contributed by atoms with E-state index in [-0.39, 0.29) is 25.6 Å². The minimum absolute atomic E-state index is 0.0738. The minimum atomic E-state index is -0.579. The number of aliphatic hydroxyl groups is 1. The average Bonchev–Trinajstić information content (AvgIpc) is 3.39. The molecule has 2 atom stereocenters. The molecule has 0 bridgehead atoms. The van der Waals surface area contributed by atoms with Crippen LogP contribution in [0.4, 0.5) is 14.9 Å². The first kappa shape index (κ1) is 20.8. The second-order valence-corrected chi connectivity index (χ2v) is 7.44. The molecule has 0 radical (unpaired) electrons. The number of nitrogens with two attached hydrogens (primary N) is 1. The number of nitrogens with zero attached hydrogens (tertiary/aromatic N) is 2. The molecule has 0 spiro atoms. The van der Waals surface area contributed by atoms with Crippen molar-refractivity contribution in [2.75, 3.05) is 24.7 Å². The number of halogens is 1. The van der Waals surface area contributed by atoms with Crippen molar-refractivity contribution in [2.24, 2.45) is 10.7 Å². The predicted octanol–water partition coefficient (Wildman–Crippen LogP) is 2.22. The molecule has 2 amide bonds. The van der Waals surface area contributed by atoms with Crippen LogP contribution in [0.15, 0.2) is 47.5 Å². The fraction of sp³-hybridized carbons (Fsp3) is 0.318. The van der Waals surface area contributed by atoms with E-state index in [1.165, 1.54) is 11.0 Å². The summed E-state index contributed by atoms with van der Waals surface area (Å²) >= 11 is 0. The second kappa shape index (κ2) is 8.73. The number of carbonyl (C=O) groups excluding carboxylic acids is 2. The molecule has 9 heteroatoms. The fourth-order valence-corrected chi connectivity index (χ4v) is 3.55. The highest BCUT2D eigenvalue weighted by molar-refractivity contribution is 5.95. The molecule has 2 aromatic rings. The van der Waals surface area contributed by atoms with Crippen molar-refractivity contribution in [1.82, 2.24) is 0 Å². The van der Waals surface area contributed by atoms with Gasteiger partial charge in [-0.2, -0.15) is 0 Å². The van der Waals surface area contributed by atoms with Crippen LogP contribution in [0.3, 0.4) is 0 Å². The number of anilines is 1. The number of rotatable bonds is 7. The Bertz CT molecular complexity index is 1020. The van der Waals surface area contributed by atoms with Crippen LogP contribution in [-0.2, 0) is 14.3 Å². The quantitative estimate of drug-likeness (QED) is 0.703. The highest BCUT2D eigenvalue weighted by Gasteiger charge is 2.32. The van der Waals surface area contributed by atoms with Gasteiger partial charge in [-0.25, -0.2) is 14.2 Å². The van der Waals surface area contributed by atoms with Crippen LogP contribution < -0.4 is 10.6 Å². The number of hydrogen-bond donors (Lipinski definition) is 2. The molecule has 0 aliphatic carbocycles. The van der Waals surface area contributed by atoms with Crippen molar-refractivity contribution >= 4 is 23.6 Å². The molecule has 1 unspecified atom stereocenters. The monoisotopic (exact) mass is 427 g/mol. The number of aliphatic hydroxyl groups excluding tert-OH is 1. The Balaban J connectivity index is 1.48. The van der Waals surface area contributed by atoms with Crippen LogP contribution in [0.1, 0.15) is 18.4 Å². The van der Waals surface area contributed by atoms with Gasteiger partial charge in [0.2, 0.25) is 11.8 Å². The molecule has 2 aliphatic heterocycles. The van der Waals surface area contributed by atoms with Gasteiger partial charge in [0.05, 0.1) is 18.8 Å². The Kier molecular flexibility index (Phi) is 5.85. The van der Waals surface area contributed by atoms with Gasteiger partial charge < -0.3 is 20.3 Å². The Morgan fingerprint density at radius 1 is 1.23 bits per heavy atom. The van der Waals surface area contributed by atoms with Crippen LogP contribution in [0.5, 0.6) is 0 Å². The maximum Gasteiger partial charge on any atom is 0.414 e. The Morgan fingerprint density at radius 3 is 2.61 bits per heavy atom. The third-order valence-electron chi connectivity index (χ3n) is 5.22. The summed E-state index contributed by atoms with van der Waals surface area (Å²) in [5.41, 5.74) is 7.31. The summed E-state index contributed by atoms with van der Waals surface area (Å²) in [6, 6.07) is 11.4. The van der Waals surface area contributed by atoms with E-state index in [2.05, 4.69) is 4.99 Å². The van der Waals surface area contributed by atoms with Gasteiger partial charge in [-0.15, -0.1) is 0 Å². The van der Waals surface area contributed by atoms with Crippen molar-refractivity contribution in [3.63, 3.8) is 0 Å². The molecule has 1 fully saturated rings. The summed E-state index contributed by atoms with van der Waals surface area (Å²) in [7, 11) is 0. The molecule has 31 heavy (non-hydrogen) atoms. The molecular formula is C22H22FN3O5. The minimum Gasteiger partial charge on any atom is -0.475 e. The number of aliphatic imine (C=N–C) groups is 1. The maximum absolute atomic E-state index is 14.8. The Morgan fingerprint density at radius 2 is 1.97 bits per heavy atom. The standard InChI is InChI=1S/C22H22FN3O5/c23-19-9-16(26-10-17(31-22(26)29)6-8-20(24)28)5-7-18(19)13-1-3-14(4-2-13)21-25-15(11-27)12-30-21/h1-5,7,9,15,17,27H,6,8,10-12H2,(H2,24,28)/t15-,17?/m0/s1. The number of cyclic esters (lactones) is 1. The lowest BCUT2D eigenvalue weighted by molar-refractivity contribution is -0.118. The van der Waals surface area contributed by atoms with Gasteiger partial charge in [0, 0.05) is 17.5 Å². The number of benzene rings is 2.